The van der Waals surface area contributed by atoms with E-state index in [0.717, 1.165) is 0 Å². The van der Waals surface area contributed by atoms with Crippen molar-refractivity contribution in [1.29, 1.82) is 0 Å². The first-order chi connectivity index (χ1) is 1.73. The maximum absolute atomic E-state index is 9.83. The van der Waals surface area contributed by atoms with Crippen LogP contribution in [0.2, 0.25) is 0 Å². The van der Waals surface area contributed by atoms with Crippen molar-refractivity contribution in [2.75, 3.05) is 0 Å². The molecule has 3 nitrogen and oxygen atoms in total. The van der Waals surface area contributed by atoms with Crippen LogP contribution in [0.3, 0.4) is 0 Å². The van der Waals surface area contributed by atoms with Gasteiger partial charge in [-0.15, -0.1) is 0 Å². The van der Waals surface area contributed by atoms with Crippen LogP contribution in [-0.4, -0.2) is 16.4 Å². The average molecular weight is 159 g/mol. The third-order valence-electron chi connectivity index (χ3n) is 0. The van der Waals surface area contributed by atoms with Crippen LogP contribution in [0.15, 0.2) is 0 Å². The summed E-state index contributed by atoms with van der Waals surface area (Å²) in [5, 5.41) is 0. The van der Waals surface area contributed by atoms with Gasteiger partial charge in [-0.2, -0.15) is 0 Å². The summed E-state index contributed by atoms with van der Waals surface area (Å²) in [6, 6.07) is 0. The van der Waals surface area contributed by atoms with Crippen molar-refractivity contribution < 1.29 is 45.2 Å². The second-order valence-corrected chi connectivity index (χ2v) is 0.884. The van der Waals surface area contributed by atoms with E-state index in [-0.39, 0.29) is 16.4 Å². The summed E-state index contributed by atoms with van der Waals surface area (Å²) < 4.78 is 29.5. The summed E-state index contributed by atoms with van der Waals surface area (Å²) in [6.07, 6.45) is 0. The standard InChI is InChI=1S/3FH.3H2O.Ti/h3*1H;3*1H2;/q;;;;;;+3/p-3. The van der Waals surface area contributed by atoms with E-state index in [1.807, 2.05) is 0 Å². The van der Waals surface area contributed by atoms with E-state index in [0.29, 0.717) is 0 Å². The van der Waals surface area contributed by atoms with Gasteiger partial charge in [-0.25, -0.2) is 0 Å². The van der Waals surface area contributed by atoms with E-state index >= 15 is 0 Å². The van der Waals surface area contributed by atoms with Gasteiger partial charge in [0.2, 0.25) is 0 Å². The Hall–Kier alpha value is 0.384. The molecule has 0 saturated heterocycles. The molecule has 0 aromatic carbocycles. The van der Waals surface area contributed by atoms with Gasteiger partial charge in [0.25, 0.3) is 0 Å². The molecule has 0 aliphatic carbocycles. The van der Waals surface area contributed by atoms with Gasteiger partial charge in [-0.05, 0) is 0 Å². The van der Waals surface area contributed by atoms with Crippen molar-refractivity contribution in [2.24, 2.45) is 0 Å². The molecular weight excluding hydrogens is 153 g/mol. The summed E-state index contributed by atoms with van der Waals surface area (Å²) in [4.78, 5) is 0. The molecule has 0 heterocycles. The normalized spacial score (nSPS) is 3.86. The van der Waals surface area contributed by atoms with Crippen molar-refractivity contribution in [3.05, 3.63) is 0 Å². The summed E-state index contributed by atoms with van der Waals surface area (Å²) in [7, 11) is 0. The number of hydrogen-bond acceptors (Lipinski definition) is 0. The molecule has 0 rings (SSSR count). The fraction of sp³-hybridized carbons (Fsp3) is 0. The quantitative estimate of drug-likeness (QED) is 0.396. The van der Waals surface area contributed by atoms with Crippen LogP contribution in [-0.2, 0) is 19.5 Å². The van der Waals surface area contributed by atoms with E-state index in [1.54, 1.807) is 0 Å². The molecule has 0 aliphatic rings. The van der Waals surface area contributed by atoms with Gasteiger partial charge in [-0.3, -0.25) is 0 Å². The van der Waals surface area contributed by atoms with Crippen molar-refractivity contribution >= 4 is 0 Å². The Labute approximate surface area is 45.9 Å². The molecule has 0 atom stereocenters. The second-order valence-electron chi connectivity index (χ2n) is 0.214. The summed E-state index contributed by atoms with van der Waals surface area (Å²) in [5.41, 5.74) is 0. The Morgan fingerprint density at radius 3 is 0.714 bits per heavy atom. The van der Waals surface area contributed by atoms with Crippen LogP contribution in [0, 0.1) is 0 Å². The molecule has 0 aliphatic heterocycles. The molecule has 0 radical (unpaired) electrons. The maximum atomic E-state index is 9.83. The Morgan fingerprint density at radius 2 is 0.714 bits per heavy atom. The third-order valence-corrected chi connectivity index (χ3v) is 0. The van der Waals surface area contributed by atoms with Crippen LogP contribution in [0.25, 0.3) is 0 Å². The fourth-order valence-electron chi connectivity index (χ4n) is 0. The summed E-state index contributed by atoms with van der Waals surface area (Å²) in [6.45, 7) is 0. The van der Waals surface area contributed by atoms with Gasteiger partial charge in [0.05, 0.1) is 0 Å². The molecule has 0 bridgehead atoms. The first-order valence-electron chi connectivity index (χ1n) is 0.567. The molecule has 7 heteroatoms. The van der Waals surface area contributed by atoms with Crippen molar-refractivity contribution in [3.8, 4) is 0 Å². The van der Waals surface area contributed by atoms with Crippen LogP contribution in [0.5, 0.6) is 0 Å². The van der Waals surface area contributed by atoms with E-state index < -0.39 is 19.5 Å². The van der Waals surface area contributed by atoms with Gasteiger partial charge < -0.3 is 16.4 Å². The number of hydrogen-bond donors (Lipinski definition) is 0. The zero-order valence-corrected chi connectivity index (χ0v) is 4.70. The Bertz CT molecular complexity index is 14.9. The molecule has 49 valence electrons. The minimum atomic E-state index is -4.83. The molecule has 0 saturated carbocycles. The summed E-state index contributed by atoms with van der Waals surface area (Å²) >= 11 is -4.83. The van der Waals surface area contributed by atoms with Crippen LogP contribution >= 0.6 is 0 Å². The second kappa shape index (κ2) is 16.2. The first-order valence-corrected chi connectivity index (χ1v) is 2.34. The monoisotopic (exact) mass is 159 g/mol. The SMILES string of the molecule is O.O.O.[F][Ti]([F])[F]. The fourth-order valence-corrected chi connectivity index (χ4v) is 0. The minimum absolute atomic E-state index is 0. The van der Waals surface area contributed by atoms with Crippen molar-refractivity contribution in [2.45, 2.75) is 0 Å². The van der Waals surface area contributed by atoms with Gasteiger partial charge in [-0.1, -0.05) is 0 Å². The first kappa shape index (κ1) is 26.3. The molecule has 0 aromatic heterocycles. The zero-order chi connectivity index (χ0) is 3.58. The van der Waals surface area contributed by atoms with Gasteiger partial charge in [0, 0.05) is 0 Å². The Morgan fingerprint density at radius 1 is 0.714 bits per heavy atom. The number of rotatable bonds is 0. The molecule has 0 unspecified atom stereocenters. The Balaban J connectivity index is -0.0000000150. The third kappa shape index (κ3) is 831. The van der Waals surface area contributed by atoms with Gasteiger partial charge >= 0.3 is 28.8 Å². The molecule has 0 spiro atoms. The molecule has 7 heavy (non-hydrogen) atoms. The van der Waals surface area contributed by atoms with Crippen LogP contribution in [0.4, 0.5) is 9.28 Å². The van der Waals surface area contributed by atoms with E-state index in [2.05, 4.69) is 0 Å². The molecule has 6 N–H and O–H groups in total. The van der Waals surface area contributed by atoms with E-state index in [9.17, 15) is 9.28 Å². The van der Waals surface area contributed by atoms with Crippen LogP contribution < -0.4 is 0 Å². The number of halogens is 3. The van der Waals surface area contributed by atoms with Gasteiger partial charge in [0.15, 0.2) is 0 Å². The Kier molecular flexibility index (Phi) is 60.7. The average Bonchev–Trinajstić information content (AvgIpc) is 0.811. The van der Waals surface area contributed by atoms with Gasteiger partial charge in [0.1, 0.15) is 0 Å². The topological polar surface area (TPSA) is 94.5 Å². The molecule has 0 amide bonds. The van der Waals surface area contributed by atoms with Crippen molar-refractivity contribution in [1.82, 2.24) is 0 Å². The van der Waals surface area contributed by atoms with E-state index in [1.165, 1.54) is 0 Å². The predicted octanol–water partition coefficient (Wildman–Crippen LogP) is -1.22. The molecule has 0 aromatic rings. The molecule has 0 fully saturated rings. The van der Waals surface area contributed by atoms with E-state index in [4.69, 9.17) is 0 Å². The van der Waals surface area contributed by atoms with Crippen LogP contribution in [0.1, 0.15) is 0 Å². The summed E-state index contributed by atoms with van der Waals surface area (Å²) in [5.74, 6) is 0. The van der Waals surface area contributed by atoms with Crippen molar-refractivity contribution in [3.63, 3.8) is 0 Å². The molecular formula is H6F3O3Ti. The zero-order valence-electron chi connectivity index (χ0n) is 3.13. The predicted molar refractivity (Wildman–Crippen MR) is 14.2 cm³/mol.